The quantitative estimate of drug-likeness (QED) is 0.916. The fourth-order valence-corrected chi connectivity index (χ4v) is 3.48. The topological polar surface area (TPSA) is 38.9 Å². The van der Waals surface area contributed by atoms with Crippen LogP contribution in [0.1, 0.15) is 47.9 Å². The number of aryl methyl sites for hydroxylation is 1. The van der Waals surface area contributed by atoms with Crippen LogP contribution in [0.2, 0.25) is 5.02 Å². The van der Waals surface area contributed by atoms with Crippen molar-refractivity contribution in [2.24, 2.45) is 5.73 Å². The number of nitrogens with two attached hydrogens (primary N) is 1. The van der Waals surface area contributed by atoms with Gasteiger partial charge in [0, 0.05) is 18.4 Å². The van der Waals surface area contributed by atoms with E-state index in [9.17, 15) is 0 Å². The highest BCUT2D eigenvalue weighted by molar-refractivity contribution is 6.31. The first-order valence-corrected chi connectivity index (χ1v) is 7.56. The van der Waals surface area contributed by atoms with Crippen molar-refractivity contribution in [3.05, 3.63) is 64.4 Å². The van der Waals surface area contributed by atoms with Gasteiger partial charge in [0.25, 0.3) is 0 Å². The van der Waals surface area contributed by atoms with Crippen LogP contribution in [0.3, 0.4) is 0 Å². The molecule has 0 fully saturated rings. The van der Waals surface area contributed by atoms with Gasteiger partial charge in [0.15, 0.2) is 0 Å². The molecule has 1 aromatic heterocycles. The maximum atomic E-state index is 6.37. The normalized spacial score (nSPS) is 19.4. The van der Waals surface area contributed by atoms with E-state index < -0.39 is 0 Å². The predicted molar refractivity (Wildman–Crippen MR) is 82.9 cm³/mol. The molecule has 0 amide bonds. The van der Waals surface area contributed by atoms with Crippen LogP contribution < -0.4 is 5.73 Å². The first-order chi connectivity index (χ1) is 9.75. The maximum Gasteiger partial charge on any atom is 0.0637 e. The second-order valence-electron chi connectivity index (χ2n) is 5.53. The number of aromatic nitrogens is 1. The lowest BCUT2D eigenvalue weighted by atomic mass is 9.79. The average Bonchev–Trinajstić information content (AvgIpc) is 2.48. The van der Waals surface area contributed by atoms with E-state index >= 15 is 0 Å². The Kier molecular flexibility index (Phi) is 4.04. The molecule has 0 saturated heterocycles. The van der Waals surface area contributed by atoms with Crippen LogP contribution >= 0.6 is 11.6 Å². The number of hydrogen-bond donors (Lipinski definition) is 1. The summed E-state index contributed by atoms with van der Waals surface area (Å²) in [5.74, 6) is 0.541. The molecule has 3 heteroatoms. The summed E-state index contributed by atoms with van der Waals surface area (Å²) < 4.78 is 0. The van der Waals surface area contributed by atoms with E-state index in [-0.39, 0.29) is 6.04 Å². The number of fused-ring (bicyclic) bond motifs is 1. The summed E-state index contributed by atoms with van der Waals surface area (Å²) in [4.78, 5) is 4.02. The molecule has 2 N–H and O–H groups in total. The number of nitrogens with zero attached hydrogens (tertiary/aromatic N) is 1. The van der Waals surface area contributed by atoms with Gasteiger partial charge in [-0.3, -0.25) is 4.98 Å². The number of benzene rings is 1. The third-order valence-electron chi connectivity index (χ3n) is 4.24. The van der Waals surface area contributed by atoms with Gasteiger partial charge in [-0.05, 0) is 54.4 Å². The second kappa shape index (κ2) is 5.94. The van der Waals surface area contributed by atoms with E-state index in [1.165, 1.54) is 30.4 Å². The highest BCUT2D eigenvalue weighted by Crippen LogP contribution is 2.37. The Labute approximate surface area is 125 Å². The Bertz CT molecular complexity index is 597. The van der Waals surface area contributed by atoms with Gasteiger partial charge in [0.1, 0.15) is 0 Å². The zero-order chi connectivity index (χ0) is 13.9. The van der Waals surface area contributed by atoms with Crippen molar-refractivity contribution in [2.75, 3.05) is 0 Å². The van der Waals surface area contributed by atoms with Crippen molar-refractivity contribution < 1.29 is 0 Å². The first kappa shape index (κ1) is 13.6. The van der Waals surface area contributed by atoms with E-state index in [0.717, 1.165) is 12.0 Å². The number of pyridine rings is 1. The average molecular weight is 287 g/mol. The molecular formula is C17H19ClN2. The molecule has 0 aliphatic heterocycles. The van der Waals surface area contributed by atoms with Crippen molar-refractivity contribution in [1.29, 1.82) is 0 Å². The van der Waals surface area contributed by atoms with E-state index in [0.29, 0.717) is 10.9 Å². The molecular weight excluding hydrogens is 268 g/mol. The molecule has 104 valence electrons. The molecule has 0 spiro atoms. The minimum Gasteiger partial charge on any atom is -0.324 e. The molecule has 3 rings (SSSR count). The van der Waals surface area contributed by atoms with Crippen molar-refractivity contribution in [2.45, 2.75) is 37.6 Å². The van der Waals surface area contributed by atoms with Crippen LogP contribution in [-0.2, 0) is 6.42 Å². The summed E-state index contributed by atoms with van der Waals surface area (Å²) in [6.45, 7) is 0. The molecule has 20 heavy (non-hydrogen) atoms. The summed E-state index contributed by atoms with van der Waals surface area (Å²) >= 11 is 6.19. The van der Waals surface area contributed by atoms with Gasteiger partial charge in [-0.15, -0.1) is 0 Å². The van der Waals surface area contributed by atoms with Gasteiger partial charge in [-0.2, -0.15) is 0 Å². The fourth-order valence-electron chi connectivity index (χ4n) is 3.22. The van der Waals surface area contributed by atoms with Crippen molar-refractivity contribution >= 4 is 11.6 Å². The van der Waals surface area contributed by atoms with Gasteiger partial charge in [-0.25, -0.2) is 0 Å². The summed E-state index contributed by atoms with van der Waals surface area (Å²) in [5.41, 5.74) is 10.3. The molecule has 0 bridgehead atoms. The number of rotatable bonds is 3. The Hall–Kier alpha value is -1.38. The third kappa shape index (κ3) is 2.72. The van der Waals surface area contributed by atoms with Gasteiger partial charge in [0.05, 0.1) is 5.02 Å². The highest BCUT2D eigenvalue weighted by atomic mass is 35.5. The lowest BCUT2D eigenvalue weighted by molar-refractivity contribution is 0.476. The molecule has 1 aliphatic rings. The Morgan fingerprint density at radius 2 is 2.15 bits per heavy atom. The molecule has 1 aromatic carbocycles. The van der Waals surface area contributed by atoms with Crippen LogP contribution in [0.15, 0.2) is 42.7 Å². The van der Waals surface area contributed by atoms with Gasteiger partial charge >= 0.3 is 0 Å². The zero-order valence-corrected chi connectivity index (χ0v) is 12.2. The molecule has 1 heterocycles. The summed E-state index contributed by atoms with van der Waals surface area (Å²) in [6.07, 6.45) is 8.03. The molecule has 1 aliphatic carbocycles. The van der Waals surface area contributed by atoms with Gasteiger partial charge in [-0.1, -0.05) is 35.9 Å². The minimum absolute atomic E-state index is 0.0262. The van der Waals surface area contributed by atoms with Gasteiger partial charge in [0.2, 0.25) is 0 Å². The zero-order valence-electron chi connectivity index (χ0n) is 11.4. The third-order valence-corrected chi connectivity index (χ3v) is 4.55. The van der Waals surface area contributed by atoms with E-state index in [1.807, 2.05) is 6.07 Å². The summed E-state index contributed by atoms with van der Waals surface area (Å²) in [7, 11) is 0. The van der Waals surface area contributed by atoms with E-state index in [2.05, 4.69) is 29.2 Å². The lowest BCUT2D eigenvalue weighted by Gasteiger charge is -2.28. The van der Waals surface area contributed by atoms with Crippen LogP contribution in [0, 0.1) is 0 Å². The molecule has 2 nitrogen and oxygen atoms in total. The molecule has 2 atom stereocenters. The van der Waals surface area contributed by atoms with Crippen molar-refractivity contribution in [3.63, 3.8) is 0 Å². The predicted octanol–water partition coefficient (Wildman–Crippen LogP) is 4.25. The van der Waals surface area contributed by atoms with E-state index in [1.54, 1.807) is 12.4 Å². The van der Waals surface area contributed by atoms with Crippen LogP contribution in [0.4, 0.5) is 0 Å². The smallest absolute Gasteiger partial charge is 0.0637 e. The molecule has 2 unspecified atom stereocenters. The van der Waals surface area contributed by atoms with E-state index in [4.69, 9.17) is 17.3 Å². The van der Waals surface area contributed by atoms with Crippen LogP contribution in [-0.4, -0.2) is 4.98 Å². The van der Waals surface area contributed by atoms with Crippen molar-refractivity contribution in [3.8, 4) is 0 Å². The highest BCUT2D eigenvalue weighted by Gasteiger charge is 2.23. The Morgan fingerprint density at radius 3 is 3.00 bits per heavy atom. The van der Waals surface area contributed by atoms with Crippen LogP contribution in [0.25, 0.3) is 0 Å². The number of halogens is 1. The SMILES string of the molecule is NC(CC1CCCc2ccccc21)c1ccncc1Cl. The Morgan fingerprint density at radius 1 is 1.30 bits per heavy atom. The largest absolute Gasteiger partial charge is 0.324 e. The second-order valence-corrected chi connectivity index (χ2v) is 5.93. The maximum absolute atomic E-state index is 6.37. The fraction of sp³-hybridized carbons (Fsp3) is 0.353. The summed E-state index contributed by atoms with van der Waals surface area (Å²) in [6, 6.07) is 10.7. The molecule has 2 aromatic rings. The van der Waals surface area contributed by atoms with Gasteiger partial charge < -0.3 is 5.73 Å². The molecule has 0 saturated carbocycles. The first-order valence-electron chi connectivity index (χ1n) is 7.18. The minimum atomic E-state index is -0.0262. The van der Waals surface area contributed by atoms with Crippen molar-refractivity contribution in [1.82, 2.24) is 4.98 Å². The monoisotopic (exact) mass is 286 g/mol. The summed E-state index contributed by atoms with van der Waals surface area (Å²) in [5, 5.41) is 0.670. The standard InChI is InChI=1S/C17H19ClN2/c18-16-11-20-9-8-15(16)17(19)10-13-6-3-5-12-4-1-2-7-14(12)13/h1-2,4,7-9,11,13,17H,3,5-6,10,19H2. The molecule has 0 radical (unpaired) electrons. The lowest BCUT2D eigenvalue weighted by Crippen LogP contribution is -2.18. The Balaban J connectivity index is 1.81. The van der Waals surface area contributed by atoms with Crippen LogP contribution in [0.5, 0.6) is 0 Å². The number of hydrogen-bond acceptors (Lipinski definition) is 2.